The molecule has 3 rings (SSSR count). The van der Waals surface area contributed by atoms with Gasteiger partial charge in [0.05, 0.1) is 18.8 Å². The summed E-state index contributed by atoms with van der Waals surface area (Å²) in [6.45, 7) is 3.10. The van der Waals surface area contributed by atoms with Gasteiger partial charge in [-0.25, -0.2) is 9.78 Å². The van der Waals surface area contributed by atoms with Crippen LogP contribution in [0.25, 0.3) is 10.6 Å². The van der Waals surface area contributed by atoms with Gasteiger partial charge >= 0.3 is 6.03 Å². The van der Waals surface area contributed by atoms with E-state index < -0.39 is 0 Å². The Hall–Kier alpha value is -1.92. The van der Waals surface area contributed by atoms with Crippen LogP contribution < -0.4 is 10.6 Å². The lowest BCUT2D eigenvalue weighted by Gasteiger charge is -2.13. The number of nitrogens with one attached hydrogen (secondary N) is 2. The van der Waals surface area contributed by atoms with Crippen LogP contribution in [0.15, 0.2) is 30.3 Å². The number of aliphatic hydroxyl groups excluding tert-OH is 1. The number of urea groups is 1. The molecule has 1 aromatic heterocycles. The summed E-state index contributed by atoms with van der Waals surface area (Å²) >= 11 is 1.60. The van der Waals surface area contributed by atoms with E-state index in [1.54, 1.807) is 11.3 Å². The van der Waals surface area contributed by atoms with Gasteiger partial charge < -0.3 is 15.7 Å². The van der Waals surface area contributed by atoms with E-state index in [9.17, 15) is 9.90 Å². The molecule has 0 atom stereocenters. The fourth-order valence-corrected chi connectivity index (χ4v) is 3.36. The van der Waals surface area contributed by atoms with E-state index in [-0.39, 0.29) is 18.1 Å². The van der Waals surface area contributed by atoms with Crippen molar-refractivity contribution in [2.75, 3.05) is 13.2 Å². The second kappa shape index (κ2) is 6.68. The minimum atomic E-state index is -0.196. The van der Waals surface area contributed by atoms with Gasteiger partial charge in [0.25, 0.3) is 0 Å². The summed E-state index contributed by atoms with van der Waals surface area (Å²) in [7, 11) is 0. The van der Waals surface area contributed by atoms with Gasteiger partial charge in [-0.2, -0.15) is 0 Å². The molecule has 2 amide bonds. The Labute approximate surface area is 139 Å². The van der Waals surface area contributed by atoms with E-state index in [1.807, 2.05) is 37.3 Å². The number of amides is 2. The van der Waals surface area contributed by atoms with Crippen LogP contribution in [0.1, 0.15) is 23.4 Å². The van der Waals surface area contributed by atoms with E-state index in [1.165, 1.54) is 0 Å². The van der Waals surface area contributed by atoms with E-state index in [4.69, 9.17) is 0 Å². The molecule has 5 nitrogen and oxygen atoms in total. The summed E-state index contributed by atoms with van der Waals surface area (Å²) in [5, 5.41) is 15.9. The Morgan fingerprint density at radius 1 is 1.30 bits per heavy atom. The van der Waals surface area contributed by atoms with Gasteiger partial charge in [-0.15, -0.1) is 11.3 Å². The molecule has 0 unspecified atom stereocenters. The van der Waals surface area contributed by atoms with E-state index in [2.05, 4.69) is 15.6 Å². The van der Waals surface area contributed by atoms with Crippen molar-refractivity contribution in [1.29, 1.82) is 0 Å². The Morgan fingerprint density at radius 3 is 2.70 bits per heavy atom. The Bertz CT molecular complexity index is 680. The highest BCUT2D eigenvalue weighted by molar-refractivity contribution is 7.15. The molecular weight excluding hydrogens is 310 g/mol. The van der Waals surface area contributed by atoms with Crippen LogP contribution in [0.2, 0.25) is 0 Å². The Balaban J connectivity index is 1.54. The molecule has 0 radical (unpaired) electrons. The molecule has 2 aromatic rings. The van der Waals surface area contributed by atoms with E-state index >= 15 is 0 Å². The van der Waals surface area contributed by atoms with Gasteiger partial charge in [0, 0.05) is 22.4 Å². The maximum atomic E-state index is 11.9. The zero-order valence-electron chi connectivity index (χ0n) is 13.1. The third kappa shape index (κ3) is 3.89. The first-order chi connectivity index (χ1) is 11.1. The summed E-state index contributed by atoms with van der Waals surface area (Å²) < 4.78 is 0. The number of hydrogen-bond acceptors (Lipinski definition) is 4. The van der Waals surface area contributed by atoms with Gasteiger partial charge in [-0.3, -0.25) is 0 Å². The Morgan fingerprint density at radius 2 is 2.04 bits per heavy atom. The molecular formula is C17H21N3O2S. The average molecular weight is 331 g/mol. The third-order valence-electron chi connectivity index (χ3n) is 4.24. The molecule has 1 heterocycles. The van der Waals surface area contributed by atoms with Crippen LogP contribution in [-0.4, -0.2) is 29.3 Å². The highest BCUT2D eigenvalue weighted by atomic mass is 32.1. The van der Waals surface area contributed by atoms with E-state index in [0.29, 0.717) is 13.1 Å². The van der Waals surface area contributed by atoms with E-state index in [0.717, 1.165) is 34.0 Å². The Kier molecular flexibility index (Phi) is 4.63. The minimum absolute atomic E-state index is 0.0712. The zero-order valence-corrected chi connectivity index (χ0v) is 13.9. The fourth-order valence-electron chi connectivity index (χ4n) is 2.35. The number of benzene rings is 1. The molecule has 122 valence electrons. The largest absolute Gasteiger partial charge is 0.396 e. The zero-order chi connectivity index (χ0) is 16.3. The molecule has 1 aliphatic rings. The van der Waals surface area contributed by atoms with Crippen LogP contribution in [0.5, 0.6) is 0 Å². The van der Waals surface area contributed by atoms with Crippen LogP contribution in [-0.2, 0) is 6.54 Å². The number of aliphatic hydroxyl groups is 1. The van der Waals surface area contributed by atoms with Crippen molar-refractivity contribution in [3.05, 3.63) is 40.9 Å². The standard InChI is InChI=1S/C17H21N3O2S/c1-12-14(23-15(20-12)13-5-3-2-4-6-13)9-18-16(22)19-10-17(11-21)7-8-17/h2-6,21H,7-11H2,1H3,(H2,18,19,22). The van der Waals surface area contributed by atoms with Gasteiger partial charge in [0.1, 0.15) is 5.01 Å². The average Bonchev–Trinajstić information content (AvgIpc) is 3.28. The molecule has 6 heteroatoms. The summed E-state index contributed by atoms with van der Waals surface area (Å²) in [6.07, 6.45) is 1.97. The molecule has 3 N–H and O–H groups in total. The van der Waals surface area contributed by atoms with Crippen LogP contribution in [0.3, 0.4) is 0 Å². The number of nitrogens with zero attached hydrogens (tertiary/aromatic N) is 1. The lowest BCUT2D eigenvalue weighted by Crippen LogP contribution is -2.39. The second-order valence-corrected chi connectivity index (χ2v) is 7.17. The van der Waals surface area contributed by atoms with Crippen molar-refractivity contribution < 1.29 is 9.90 Å². The number of aromatic nitrogens is 1. The topological polar surface area (TPSA) is 74.2 Å². The fraction of sp³-hybridized carbons (Fsp3) is 0.412. The predicted octanol–water partition coefficient (Wildman–Crippen LogP) is 2.69. The number of aryl methyl sites for hydroxylation is 1. The molecule has 0 spiro atoms. The molecule has 1 aromatic carbocycles. The smallest absolute Gasteiger partial charge is 0.315 e. The number of rotatable bonds is 6. The van der Waals surface area contributed by atoms with Crippen molar-refractivity contribution in [2.24, 2.45) is 5.41 Å². The maximum Gasteiger partial charge on any atom is 0.315 e. The third-order valence-corrected chi connectivity index (χ3v) is 5.45. The molecule has 1 saturated carbocycles. The summed E-state index contributed by atoms with van der Waals surface area (Å²) in [6, 6.07) is 9.84. The van der Waals surface area contributed by atoms with Gasteiger partial charge in [-0.05, 0) is 19.8 Å². The lowest BCUT2D eigenvalue weighted by atomic mass is 10.1. The second-order valence-electron chi connectivity index (χ2n) is 6.09. The molecule has 1 aliphatic carbocycles. The first-order valence-electron chi connectivity index (χ1n) is 7.76. The maximum absolute atomic E-state index is 11.9. The van der Waals surface area contributed by atoms with Crippen molar-refractivity contribution in [2.45, 2.75) is 26.3 Å². The monoisotopic (exact) mass is 331 g/mol. The van der Waals surface area contributed by atoms with Crippen molar-refractivity contribution in [1.82, 2.24) is 15.6 Å². The molecule has 0 aliphatic heterocycles. The number of hydrogen-bond donors (Lipinski definition) is 3. The first-order valence-corrected chi connectivity index (χ1v) is 8.58. The van der Waals surface area contributed by atoms with Gasteiger partial charge in [0.2, 0.25) is 0 Å². The van der Waals surface area contributed by atoms with Crippen molar-refractivity contribution in [3.8, 4) is 10.6 Å². The molecule has 23 heavy (non-hydrogen) atoms. The predicted molar refractivity (Wildman–Crippen MR) is 91.3 cm³/mol. The first kappa shape index (κ1) is 16.0. The quantitative estimate of drug-likeness (QED) is 0.762. The van der Waals surface area contributed by atoms with Crippen LogP contribution in [0.4, 0.5) is 4.79 Å². The number of carbonyl (C=O) groups is 1. The van der Waals surface area contributed by atoms with Gasteiger partial charge in [0.15, 0.2) is 0 Å². The van der Waals surface area contributed by atoms with Crippen LogP contribution >= 0.6 is 11.3 Å². The summed E-state index contributed by atoms with van der Waals surface area (Å²) in [5.41, 5.74) is 1.97. The molecule has 0 bridgehead atoms. The number of thiazole rings is 1. The molecule has 0 saturated heterocycles. The van der Waals surface area contributed by atoms with Crippen molar-refractivity contribution >= 4 is 17.4 Å². The van der Waals surface area contributed by atoms with Crippen LogP contribution in [0, 0.1) is 12.3 Å². The molecule has 1 fully saturated rings. The normalized spacial score (nSPS) is 15.2. The minimum Gasteiger partial charge on any atom is -0.396 e. The SMILES string of the molecule is Cc1nc(-c2ccccc2)sc1CNC(=O)NCC1(CO)CC1. The highest BCUT2D eigenvalue weighted by Gasteiger charge is 2.42. The van der Waals surface area contributed by atoms with Gasteiger partial charge in [-0.1, -0.05) is 30.3 Å². The highest BCUT2D eigenvalue weighted by Crippen LogP contribution is 2.44. The summed E-state index contributed by atoms with van der Waals surface area (Å²) in [4.78, 5) is 17.5. The lowest BCUT2D eigenvalue weighted by molar-refractivity contribution is 0.203. The number of carbonyl (C=O) groups excluding carboxylic acids is 1. The van der Waals surface area contributed by atoms with Crippen molar-refractivity contribution in [3.63, 3.8) is 0 Å². The summed E-state index contributed by atoms with van der Waals surface area (Å²) in [5.74, 6) is 0.